The maximum absolute atomic E-state index is 12.8. The number of aliphatic hydroxyl groups excluding tert-OH is 2. The summed E-state index contributed by atoms with van der Waals surface area (Å²) in [5.41, 5.74) is 3.34. The summed E-state index contributed by atoms with van der Waals surface area (Å²) in [6.07, 6.45) is -0.621. The SMILES string of the molecule is O=C(NCc1ccc(-c2ccon2)cc1)[C@H](O)[C@@H](O)C(=O)N1CCC[C@@H]1c1ccccc1. The Morgan fingerprint density at radius 1 is 1.06 bits per heavy atom. The van der Waals surface area contributed by atoms with Crippen LogP contribution >= 0.6 is 0 Å². The number of likely N-dealkylation sites (tertiary alicyclic amines) is 1. The second-order valence-corrected chi connectivity index (χ2v) is 7.79. The lowest BCUT2D eigenvalue weighted by Crippen LogP contribution is -2.50. The number of benzene rings is 2. The summed E-state index contributed by atoms with van der Waals surface area (Å²) < 4.78 is 4.83. The van der Waals surface area contributed by atoms with E-state index in [1.165, 1.54) is 6.26 Å². The van der Waals surface area contributed by atoms with Gasteiger partial charge in [-0.1, -0.05) is 59.8 Å². The fourth-order valence-electron chi connectivity index (χ4n) is 3.95. The minimum absolute atomic E-state index is 0.145. The van der Waals surface area contributed by atoms with Gasteiger partial charge in [-0.15, -0.1) is 0 Å². The number of carbonyl (C=O) groups is 2. The first-order chi connectivity index (χ1) is 15.5. The zero-order valence-corrected chi connectivity index (χ0v) is 17.4. The van der Waals surface area contributed by atoms with Gasteiger partial charge in [0, 0.05) is 24.7 Å². The van der Waals surface area contributed by atoms with E-state index in [1.54, 1.807) is 11.0 Å². The van der Waals surface area contributed by atoms with Crippen molar-refractivity contribution in [3.05, 3.63) is 78.1 Å². The summed E-state index contributed by atoms with van der Waals surface area (Å²) in [4.78, 5) is 26.7. The Kier molecular flexibility index (Phi) is 6.63. The van der Waals surface area contributed by atoms with Crippen molar-refractivity contribution in [1.29, 1.82) is 0 Å². The Hall–Kier alpha value is -3.49. The van der Waals surface area contributed by atoms with Crippen LogP contribution in [-0.4, -0.2) is 50.8 Å². The Labute approximate surface area is 185 Å². The van der Waals surface area contributed by atoms with Gasteiger partial charge in [-0.25, -0.2) is 0 Å². The van der Waals surface area contributed by atoms with Crippen LogP contribution in [0.3, 0.4) is 0 Å². The average molecular weight is 435 g/mol. The first-order valence-electron chi connectivity index (χ1n) is 10.5. The van der Waals surface area contributed by atoms with E-state index in [0.29, 0.717) is 12.2 Å². The predicted molar refractivity (Wildman–Crippen MR) is 116 cm³/mol. The van der Waals surface area contributed by atoms with Crippen LogP contribution in [0.4, 0.5) is 0 Å². The molecule has 1 aliphatic heterocycles. The number of carbonyl (C=O) groups excluding carboxylic acids is 2. The van der Waals surface area contributed by atoms with Crippen LogP contribution in [0.5, 0.6) is 0 Å². The van der Waals surface area contributed by atoms with Crippen LogP contribution in [0.15, 0.2) is 71.4 Å². The molecule has 1 saturated heterocycles. The Balaban J connectivity index is 1.33. The molecule has 1 aromatic heterocycles. The largest absolute Gasteiger partial charge is 0.380 e. The number of nitrogens with zero attached hydrogens (tertiary/aromatic N) is 2. The van der Waals surface area contributed by atoms with Gasteiger partial charge in [0.05, 0.1) is 6.04 Å². The molecule has 166 valence electrons. The molecule has 3 atom stereocenters. The Morgan fingerprint density at radius 2 is 1.81 bits per heavy atom. The quantitative estimate of drug-likeness (QED) is 0.523. The van der Waals surface area contributed by atoms with E-state index in [0.717, 1.165) is 29.5 Å². The average Bonchev–Trinajstić information content (AvgIpc) is 3.54. The van der Waals surface area contributed by atoms with Crippen LogP contribution < -0.4 is 5.32 Å². The summed E-state index contributed by atoms with van der Waals surface area (Å²) in [6, 6.07) is 18.4. The van der Waals surface area contributed by atoms with E-state index < -0.39 is 24.0 Å². The van der Waals surface area contributed by atoms with Crippen LogP contribution in [0.25, 0.3) is 11.3 Å². The third kappa shape index (κ3) is 4.71. The second kappa shape index (κ2) is 9.76. The normalized spacial score (nSPS) is 17.7. The molecular formula is C24H25N3O5. The number of nitrogens with one attached hydrogen (secondary N) is 1. The second-order valence-electron chi connectivity index (χ2n) is 7.79. The fraction of sp³-hybridized carbons (Fsp3) is 0.292. The number of hydrogen-bond donors (Lipinski definition) is 3. The highest BCUT2D eigenvalue weighted by molar-refractivity contribution is 5.91. The van der Waals surface area contributed by atoms with Crippen LogP contribution in [0, 0.1) is 0 Å². The number of rotatable bonds is 7. The predicted octanol–water partition coefficient (Wildman–Crippen LogP) is 2.04. The minimum atomic E-state index is -1.85. The lowest BCUT2D eigenvalue weighted by Gasteiger charge is -2.28. The standard InChI is InChI=1S/C24H25N3O5/c28-21(22(29)24(31)27-13-4-7-20(27)18-5-2-1-3-6-18)23(30)25-15-16-8-10-17(11-9-16)19-12-14-32-26-19/h1-3,5-6,8-12,14,20-22,28-29H,4,7,13,15H2,(H,25,30)/t20-,21-,22-/m1/s1. The van der Waals surface area contributed by atoms with Crippen LogP contribution in [0.1, 0.15) is 30.0 Å². The molecule has 0 radical (unpaired) electrons. The van der Waals surface area contributed by atoms with E-state index in [-0.39, 0.29) is 12.6 Å². The van der Waals surface area contributed by atoms with Crippen molar-refractivity contribution in [2.24, 2.45) is 0 Å². The van der Waals surface area contributed by atoms with Gasteiger partial charge < -0.3 is 25.0 Å². The highest BCUT2D eigenvalue weighted by atomic mass is 16.5. The van der Waals surface area contributed by atoms with Gasteiger partial charge >= 0.3 is 0 Å². The number of aliphatic hydroxyl groups is 2. The molecule has 1 fully saturated rings. The molecule has 1 aliphatic rings. The monoisotopic (exact) mass is 435 g/mol. The molecule has 32 heavy (non-hydrogen) atoms. The Bertz CT molecular complexity index is 1040. The van der Waals surface area contributed by atoms with Gasteiger partial charge in [0.15, 0.2) is 12.2 Å². The smallest absolute Gasteiger partial charge is 0.255 e. The summed E-state index contributed by atoms with van der Waals surface area (Å²) in [6.45, 7) is 0.619. The van der Waals surface area contributed by atoms with E-state index in [1.807, 2.05) is 54.6 Å². The summed E-state index contributed by atoms with van der Waals surface area (Å²) in [5, 5.41) is 27.1. The molecule has 8 heteroatoms. The van der Waals surface area contributed by atoms with Gasteiger partial charge in [-0.05, 0) is 24.0 Å². The lowest BCUT2D eigenvalue weighted by molar-refractivity contribution is -0.153. The molecule has 2 heterocycles. The van der Waals surface area contributed by atoms with Crippen molar-refractivity contribution in [1.82, 2.24) is 15.4 Å². The number of hydrogen-bond acceptors (Lipinski definition) is 6. The summed E-state index contributed by atoms with van der Waals surface area (Å²) in [5.74, 6) is -1.45. The molecule has 4 rings (SSSR count). The number of aromatic nitrogens is 1. The van der Waals surface area contributed by atoms with Crippen molar-refractivity contribution < 1.29 is 24.3 Å². The molecule has 2 amide bonds. The highest BCUT2D eigenvalue weighted by Crippen LogP contribution is 2.32. The molecular weight excluding hydrogens is 410 g/mol. The third-order valence-corrected chi connectivity index (χ3v) is 5.70. The van der Waals surface area contributed by atoms with Crippen molar-refractivity contribution in [3.8, 4) is 11.3 Å². The van der Waals surface area contributed by atoms with E-state index in [2.05, 4.69) is 10.5 Å². The third-order valence-electron chi connectivity index (χ3n) is 5.70. The molecule has 2 aromatic carbocycles. The molecule has 0 spiro atoms. The maximum atomic E-state index is 12.8. The van der Waals surface area contributed by atoms with Gasteiger partial charge in [-0.2, -0.15) is 0 Å². The van der Waals surface area contributed by atoms with Crippen LogP contribution in [0.2, 0.25) is 0 Å². The molecule has 0 aliphatic carbocycles. The number of amides is 2. The first kappa shape index (κ1) is 21.7. The van der Waals surface area contributed by atoms with Gasteiger partial charge in [0.1, 0.15) is 12.0 Å². The molecule has 0 unspecified atom stereocenters. The van der Waals surface area contributed by atoms with E-state index >= 15 is 0 Å². The molecule has 3 N–H and O–H groups in total. The zero-order valence-electron chi connectivity index (χ0n) is 17.4. The Morgan fingerprint density at radius 3 is 2.50 bits per heavy atom. The first-order valence-corrected chi connectivity index (χ1v) is 10.5. The van der Waals surface area contributed by atoms with Gasteiger partial charge in [0.25, 0.3) is 11.8 Å². The van der Waals surface area contributed by atoms with Gasteiger partial charge in [-0.3, -0.25) is 9.59 Å². The maximum Gasteiger partial charge on any atom is 0.255 e. The molecule has 3 aromatic rings. The van der Waals surface area contributed by atoms with Crippen molar-refractivity contribution in [3.63, 3.8) is 0 Å². The molecule has 0 bridgehead atoms. The van der Waals surface area contributed by atoms with E-state index in [9.17, 15) is 19.8 Å². The lowest BCUT2D eigenvalue weighted by atomic mass is 10.0. The topological polar surface area (TPSA) is 116 Å². The van der Waals surface area contributed by atoms with Crippen molar-refractivity contribution in [2.75, 3.05) is 6.54 Å². The summed E-state index contributed by atoms with van der Waals surface area (Å²) >= 11 is 0. The zero-order chi connectivity index (χ0) is 22.5. The molecule has 0 saturated carbocycles. The fourth-order valence-corrected chi connectivity index (χ4v) is 3.95. The van der Waals surface area contributed by atoms with Crippen molar-refractivity contribution >= 4 is 11.8 Å². The van der Waals surface area contributed by atoms with E-state index in [4.69, 9.17) is 4.52 Å². The minimum Gasteiger partial charge on any atom is -0.380 e. The highest BCUT2D eigenvalue weighted by Gasteiger charge is 2.38. The van der Waals surface area contributed by atoms with Crippen LogP contribution in [-0.2, 0) is 16.1 Å². The van der Waals surface area contributed by atoms with Gasteiger partial charge in [0.2, 0.25) is 0 Å². The van der Waals surface area contributed by atoms with Crippen molar-refractivity contribution in [2.45, 2.75) is 37.6 Å². The summed E-state index contributed by atoms with van der Waals surface area (Å²) in [7, 11) is 0. The molecule has 8 nitrogen and oxygen atoms in total.